The minimum atomic E-state index is -0.800. The molecule has 0 saturated carbocycles. The molecule has 0 saturated heterocycles. The molecule has 0 N–H and O–H groups in total. The first-order valence-electron chi connectivity index (χ1n) is 11.3. The molecule has 0 bridgehead atoms. The molecule has 0 aliphatic carbocycles. The van der Waals surface area contributed by atoms with E-state index >= 15 is 0 Å². The molecule has 0 fully saturated rings. The Morgan fingerprint density at radius 2 is 1.76 bits per heavy atom. The quantitative estimate of drug-likeness (QED) is 0.162. The summed E-state index contributed by atoms with van der Waals surface area (Å²) >= 11 is 2.78. The number of rotatable bonds is 9. The van der Waals surface area contributed by atoms with Gasteiger partial charge in [-0.2, -0.15) is 0 Å². The van der Waals surface area contributed by atoms with Crippen LogP contribution in [0, 0.1) is 17.5 Å². The zero-order valence-corrected chi connectivity index (χ0v) is 22.4. The summed E-state index contributed by atoms with van der Waals surface area (Å²) in [5.41, 5.74) is 1.70. The molecule has 4 nitrogen and oxygen atoms in total. The average Bonchev–Trinajstić information content (AvgIpc) is 3.33. The predicted octanol–water partition coefficient (Wildman–Crippen LogP) is 7.45. The van der Waals surface area contributed by atoms with E-state index in [-0.39, 0.29) is 22.6 Å². The number of thioether (sulfide) groups is 2. The zero-order chi connectivity index (χ0) is 26.7. The van der Waals surface area contributed by atoms with E-state index in [0.29, 0.717) is 17.1 Å². The normalized spacial score (nSPS) is 11.5. The maximum atomic E-state index is 14.6. The third kappa shape index (κ3) is 5.43. The van der Waals surface area contributed by atoms with Gasteiger partial charge in [0.15, 0.2) is 16.7 Å². The monoisotopic (exact) mass is 542 g/mol. The van der Waals surface area contributed by atoms with E-state index in [1.807, 2.05) is 29.0 Å². The van der Waals surface area contributed by atoms with E-state index in [9.17, 15) is 18.0 Å². The van der Waals surface area contributed by atoms with Crippen LogP contribution in [0.2, 0.25) is 0 Å². The first-order valence-corrected chi connectivity index (χ1v) is 13.5. The number of ether oxygens (including phenoxy) is 1. The van der Waals surface area contributed by atoms with E-state index in [1.54, 1.807) is 30.1 Å². The van der Waals surface area contributed by atoms with Crippen molar-refractivity contribution in [3.8, 4) is 11.4 Å². The van der Waals surface area contributed by atoms with Gasteiger partial charge >= 0.3 is 0 Å². The van der Waals surface area contributed by atoms with Crippen LogP contribution in [0.15, 0.2) is 70.8 Å². The highest BCUT2D eigenvalue weighted by atomic mass is 32.2. The highest BCUT2D eigenvalue weighted by Gasteiger charge is 2.30. The Bertz CT molecular complexity index is 1430. The molecule has 4 aromatic rings. The number of methoxy groups -OCH3 is 1. The van der Waals surface area contributed by atoms with Gasteiger partial charge in [0.2, 0.25) is 0 Å². The minimum Gasteiger partial charge on any atom is -0.494 e. The summed E-state index contributed by atoms with van der Waals surface area (Å²) in [5.74, 6) is -2.10. The summed E-state index contributed by atoms with van der Waals surface area (Å²) < 4.78 is 50.4. The molecule has 0 spiro atoms. The fraction of sp³-hybridized carbons (Fsp3) is 0.214. The molecule has 4 rings (SSSR count). The lowest BCUT2D eigenvalue weighted by molar-refractivity contribution is 0.112. The van der Waals surface area contributed by atoms with Crippen LogP contribution in [0.1, 0.15) is 41.0 Å². The molecular weight excluding hydrogens is 517 g/mol. The molecule has 0 aliphatic rings. The Morgan fingerprint density at radius 1 is 1.03 bits per heavy atom. The van der Waals surface area contributed by atoms with Crippen LogP contribution in [-0.2, 0) is 11.2 Å². The van der Waals surface area contributed by atoms with Crippen LogP contribution < -0.4 is 4.74 Å². The van der Waals surface area contributed by atoms with E-state index in [0.717, 1.165) is 40.0 Å². The largest absolute Gasteiger partial charge is 0.494 e. The molecule has 0 atom stereocenters. The molecular formula is C28H25F3N2O2S2. The number of aldehydes is 1. The minimum absolute atomic E-state index is 0.0615. The van der Waals surface area contributed by atoms with Crippen molar-refractivity contribution >= 4 is 29.8 Å². The van der Waals surface area contributed by atoms with Gasteiger partial charge in [-0.25, -0.2) is 18.2 Å². The number of halogens is 3. The van der Waals surface area contributed by atoms with E-state index < -0.39 is 22.9 Å². The number of aromatic nitrogens is 2. The number of carbonyl (C=O) groups is 1. The van der Waals surface area contributed by atoms with E-state index in [2.05, 4.69) is 24.9 Å². The van der Waals surface area contributed by atoms with Gasteiger partial charge in [0, 0.05) is 33.3 Å². The maximum absolute atomic E-state index is 14.6. The lowest BCUT2D eigenvalue weighted by Gasteiger charge is -2.28. The zero-order valence-electron chi connectivity index (χ0n) is 20.7. The second kappa shape index (κ2) is 11.1. The molecule has 3 aromatic carbocycles. The van der Waals surface area contributed by atoms with Crippen molar-refractivity contribution in [2.45, 2.75) is 35.1 Å². The number of nitrogens with zero attached hydrogens (tertiary/aromatic N) is 2. The van der Waals surface area contributed by atoms with Gasteiger partial charge in [0.25, 0.3) is 0 Å². The Kier molecular flexibility index (Phi) is 8.04. The molecule has 192 valence electrons. The third-order valence-corrected chi connectivity index (χ3v) is 7.90. The standard InChI is InChI=1S/C28H25F3N2O2S2/c1-28(2,18-6-5-7-20(12-18)36-4)26-14-32-27(33(26)19-8-9-22(29)25(13-19)35-3)37-16-21-23(30)10-17(15-34)11-24(21)31/h5-15H,16H2,1-4H3. The van der Waals surface area contributed by atoms with Gasteiger partial charge in [-0.3, -0.25) is 9.36 Å². The van der Waals surface area contributed by atoms with Crippen LogP contribution in [0.25, 0.3) is 5.69 Å². The summed E-state index contributed by atoms with van der Waals surface area (Å²) in [6.07, 6.45) is 4.14. The van der Waals surface area contributed by atoms with Crippen molar-refractivity contribution in [3.63, 3.8) is 0 Å². The van der Waals surface area contributed by atoms with Gasteiger partial charge in [-0.05, 0) is 48.2 Å². The number of imidazole rings is 1. The number of carbonyl (C=O) groups excluding carboxylic acids is 1. The van der Waals surface area contributed by atoms with Crippen LogP contribution >= 0.6 is 23.5 Å². The fourth-order valence-corrected chi connectivity index (χ4v) is 5.51. The molecule has 9 heteroatoms. The van der Waals surface area contributed by atoms with Crippen molar-refractivity contribution in [1.82, 2.24) is 9.55 Å². The summed E-state index contributed by atoms with van der Waals surface area (Å²) in [6.45, 7) is 4.12. The summed E-state index contributed by atoms with van der Waals surface area (Å²) in [4.78, 5) is 16.7. The average molecular weight is 543 g/mol. The maximum Gasteiger partial charge on any atom is 0.173 e. The van der Waals surface area contributed by atoms with Crippen LogP contribution in [0.3, 0.4) is 0 Å². The molecule has 0 aliphatic heterocycles. The fourth-order valence-electron chi connectivity index (χ4n) is 4.04. The van der Waals surface area contributed by atoms with Gasteiger partial charge in [0.05, 0.1) is 24.7 Å². The van der Waals surface area contributed by atoms with Gasteiger partial charge in [-0.1, -0.05) is 37.7 Å². The van der Waals surface area contributed by atoms with Crippen molar-refractivity contribution in [2.24, 2.45) is 0 Å². The first-order chi connectivity index (χ1) is 17.7. The molecule has 0 unspecified atom stereocenters. The summed E-state index contributed by atoms with van der Waals surface area (Å²) in [6, 6.07) is 14.7. The van der Waals surface area contributed by atoms with Crippen molar-refractivity contribution in [2.75, 3.05) is 13.4 Å². The third-order valence-electron chi connectivity index (χ3n) is 6.20. The lowest BCUT2D eigenvalue weighted by atomic mass is 9.81. The second-order valence-corrected chi connectivity index (χ2v) is 10.6. The lowest BCUT2D eigenvalue weighted by Crippen LogP contribution is -2.23. The number of benzene rings is 3. The van der Waals surface area contributed by atoms with Crippen LogP contribution in [0.4, 0.5) is 13.2 Å². The summed E-state index contributed by atoms with van der Waals surface area (Å²) in [7, 11) is 1.39. The highest BCUT2D eigenvalue weighted by Crippen LogP contribution is 2.38. The van der Waals surface area contributed by atoms with Crippen molar-refractivity contribution < 1.29 is 22.7 Å². The molecule has 0 amide bonds. The number of hydrogen-bond donors (Lipinski definition) is 0. The van der Waals surface area contributed by atoms with E-state index in [4.69, 9.17) is 4.74 Å². The summed E-state index contributed by atoms with van der Waals surface area (Å²) in [5, 5.41) is 0.469. The van der Waals surface area contributed by atoms with Crippen molar-refractivity contribution in [1.29, 1.82) is 0 Å². The molecule has 1 aromatic heterocycles. The first kappa shape index (κ1) is 26.9. The van der Waals surface area contributed by atoms with Gasteiger partial charge < -0.3 is 4.74 Å². The molecule has 1 heterocycles. The number of hydrogen-bond acceptors (Lipinski definition) is 5. The smallest absolute Gasteiger partial charge is 0.173 e. The Labute approximate surface area is 222 Å². The Morgan fingerprint density at radius 3 is 2.41 bits per heavy atom. The predicted molar refractivity (Wildman–Crippen MR) is 142 cm³/mol. The van der Waals surface area contributed by atoms with Gasteiger partial charge in [-0.15, -0.1) is 11.8 Å². The SMILES string of the molecule is COc1cc(-n2c(C(C)(C)c3cccc(SC)c3)cnc2SCc2c(F)cc(C=O)cc2F)ccc1F. The highest BCUT2D eigenvalue weighted by molar-refractivity contribution is 7.98. The van der Waals surface area contributed by atoms with Gasteiger partial charge in [0.1, 0.15) is 17.9 Å². The van der Waals surface area contributed by atoms with Crippen LogP contribution in [-0.4, -0.2) is 29.2 Å². The molecule has 0 radical (unpaired) electrons. The molecule has 37 heavy (non-hydrogen) atoms. The Balaban J connectivity index is 1.82. The second-order valence-electron chi connectivity index (χ2n) is 8.81. The van der Waals surface area contributed by atoms with E-state index in [1.165, 1.54) is 13.2 Å². The van der Waals surface area contributed by atoms with Crippen LogP contribution in [0.5, 0.6) is 5.75 Å². The van der Waals surface area contributed by atoms with Crippen molar-refractivity contribution in [3.05, 3.63) is 101 Å². The Hall–Kier alpha value is -3.17. The topological polar surface area (TPSA) is 44.1 Å².